The third-order valence-corrected chi connectivity index (χ3v) is 2.02. The van der Waals surface area contributed by atoms with E-state index in [9.17, 15) is 10.1 Å². The molecule has 1 atom stereocenters. The van der Waals surface area contributed by atoms with E-state index >= 15 is 0 Å². The van der Waals surface area contributed by atoms with E-state index in [0.717, 1.165) is 0 Å². The van der Waals surface area contributed by atoms with Crippen molar-refractivity contribution in [1.29, 1.82) is 0 Å². The topological polar surface area (TPSA) is 109 Å². The molecule has 16 heavy (non-hydrogen) atoms. The van der Waals surface area contributed by atoms with Crippen molar-refractivity contribution in [3.63, 3.8) is 0 Å². The molecule has 0 saturated heterocycles. The summed E-state index contributed by atoms with van der Waals surface area (Å²) in [4.78, 5) is 14.1. The number of pyridine rings is 1. The van der Waals surface area contributed by atoms with Crippen LogP contribution in [0.1, 0.15) is 5.56 Å². The lowest BCUT2D eigenvalue weighted by Crippen LogP contribution is -2.23. The minimum Gasteiger partial charge on any atom is -0.394 e. The molecule has 0 radical (unpaired) electrons. The zero-order valence-corrected chi connectivity index (χ0v) is 8.75. The van der Waals surface area contributed by atoms with Crippen LogP contribution in [0, 0.1) is 17.0 Å². The first-order valence-electron chi connectivity index (χ1n) is 4.69. The lowest BCUT2D eigenvalue weighted by Gasteiger charge is -2.10. The van der Waals surface area contributed by atoms with Gasteiger partial charge in [-0.1, -0.05) is 0 Å². The lowest BCUT2D eigenvalue weighted by molar-refractivity contribution is -0.384. The van der Waals surface area contributed by atoms with Crippen LogP contribution < -0.4 is 5.32 Å². The third kappa shape index (κ3) is 2.88. The molecule has 88 valence electrons. The average molecular weight is 227 g/mol. The van der Waals surface area contributed by atoms with Crippen LogP contribution in [0.5, 0.6) is 0 Å². The maximum absolute atomic E-state index is 10.8. The molecule has 1 unspecified atom stereocenters. The summed E-state index contributed by atoms with van der Waals surface area (Å²) in [6.07, 6.45) is 0.470. The Hall–Kier alpha value is -1.73. The van der Waals surface area contributed by atoms with Gasteiger partial charge in [-0.3, -0.25) is 10.1 Å². The van der Waals surface area contributed by atoms with E-state index < -0.39 is 17.6 Å². The fourth-order valence-electron chi connectivity index (χ4n) is 1.19. The molecule has 0 spiro atoms. The van der Waals surface area contributed by atoms with Crippen molar-refractivity contribution in [2.24, 2.45) is 0 Å². The monoisotopic (exact) mass is 227 g/mol. The molecule has 0 saturated carbocycles. The number of aryl methyl sites for hydroxylation is 1. The van der Waals surface area contributed by atoms with Crippen LogP contribution in [0.25, 0.3) is 0 Å². The number of rotatable bonds is 5. The van der Waals surface area contributed by atoms with E-state index in [1.165, 1.54) is 12.3 Å². The molecule has 1 rings (SSSR count). The van der Waals surface area contributed by atoms with Gasteiger partial charge in [0.15, 0.2) is 0 Å². The van der Waals surface area contributed by atoms with Crippen LogP contribution >= 0.6 is 0 Å². The molecule has 0 amide bonds. The molecule has 0 aliphatic carbocycles. The average Bonchev–Trinajstić information content (AvgIpc) is 2.25. The van der Waals surface area contributed by atoms with Crippen LogP contribution in [-0.4, -0.2) is 39.4 Å². The smallest absolute Gasteiger partial charge is 0.314 e. The molecule has 0 aromatic carbocycles. The van der Waals surface area contributed by atoms with E-state index in [2.05, 4.69) is 10.3 Å². The maximum Gasteiger partial charge on any atom is 0.314 e. The molecular formula is C9H13N3O4. The van der Waals surface area contributed by atoms with Crippen LogP contribution in [0.4, 0.5) is 11.5 Å². The second kappa shape index (κ2) is 5.38. The fraction of sp³-hybridized carbons (Fsp3) is 0.444. The molecule has 7 heteroatoms. The first-order chi connectivity index (χ1) is 7.56. The van der Waals surface area contributed by atoms with Crippen LogP contribution in [-0.2, 0) is 0 Å². The second-order valence-corrected chi connectivity index (χ2v) is 3.30. The van der Waals surface area contributed by atoms with Crippen molar-refractivity contribution >= 4 is 11.5 Å². The molecular weight excluding hydrogens is 214 g/mol. The number of aromatic nitrogens is 1. The zero-order valence-electron chi connectivity index (χ0n) is 8.75. The summed E-state index contributed by atoms with van der Waals surface area (Å²) < 4.78 is 0. The van der Waals surface area contributed by atoms with Gasteiger partial charge >= 0.3 is 5.69 Å². The summed E-state index contributed by atoms with van der Waals surface area (Å²) in [6, 6.07) is 1.53. The van der Waals surface area contributed by atoms with Gasteiger partial charge in [0, 0.05) is 18.3 Å². The Morgan fingerprint density at radius 2 is 2.38 bits per heavy atom. The molecule has 3 N–H and O–H groups in total. The van der Waals surface area contributed by atoms with Gasteiger partial charge in [0.2, 0.25) is 5.82 Å². The number of hydrogen-bond donors (Lipinski definition) is 3. The number of aliphatic hydroxyl groups is 2. The molecule has 0 bridgehead atoms. The first-order valence-corrected chi connectivity index (χ1v) is 4.69. The van der Waals surface area contributed by atoms with Crippen molar-refractivity contribution in [3.8, 4) is 0 Å². The van der Waals surface area contributed by atoms with Gasteiger partial charge in [0.05, 0.1) is 17.6 Å². The van der Waals surface area contributed by atoms with Crippen molar-refractivity contribution in [3.05, 3.63) is 27.9 Å². The summed E-state index contributed by atoms with van der Waals surface area (Å²) in [5, 5.41) is 31.1. The van der Waals surface area contributed by atoms with Gasteiger partial charge in [-0.2, -0.15) is 0 Å². The molecule has 1 heterocycles. The maximum atomic E-state index is 10.8. The quantitative estimate of drug-likeness (QED) is 0.485. The Morgan fingerprint density at radius 3 is 2.94 bits per heavy atom. The normalized spacial score (nSPS) is 12.2. The second-order valence-electron chi connectivity index (χ2n) is 3.30. The largest absolute Gasteiger partial charge is 0.394 e. The molecule has 0 aliphatic rings. The minimum absolute atomic E-state index is 0.00773. The molecule has 0 aliphatic heterocycles. The predicted octanol–water partition coefficient (Wildman–Crippen LogP) is 0.0633. The zero-order chi connectivity index (χ0) is 12.1. The number of nitrogens with one attached hydrogen (secondary N) is 1. The van der Waals surface area contributed by atoms with Crippen molar-refractivity contribution < 1.29 is 15.1 Å². The van der Waals surface area contributed by atoms with Gasteiger partial charge in [-0.15, -0.1) is 0 Å². The van der Waals surface area contributed by atoms with Crippen molar-refractivity contribution in [1.82, 2.24) is 4.98 Å². The highest BCUT2D eigenvalue weighted by molar-refractivity contribution is 5.59. The number of aliphatic hydroxyl groups excluding tert-OH is 2. The standard InChI is InChI=1S/C9H13N3O4/c1-6-2-3-10-9(8(6)12(15)16)11-4-7(14)5-13/h2-3,7,13-14H,4-5H2,1H3,(H,10,11). The Bertz CT molecular complexity index is 383. The third-order valence-electron chi connectivity index (χ3n) is 2.02. The van der Waals surface area contributed by atoms with Gasteiger partial charge in [-0.25, -0.2) is 4.98 Å². The molecule has 0 fully saturated rings. The summed E-state index contributed by atoms with van der Waals surface area (Å²) in [5.41, 5.74) is 0.369. The van der Waals surface area contributed by atoms with Crippen molar-refractivity contribution in [2.45, 2.75) is 13.0 Å². The van der Waals surface area contributed by atoms with Crippen LogP contribution in [0.3, 0.4) is 0 Å². The van der Waals surface area contributed by atoms with E-state index in [4.69, 9.17) is 10.2 Å². The van der Waals surface area contributed by atoms with Gasteiger partial charge in [0.25, 0.3) is 0 Å². The summed E-state index contributed by atoms with van der Waals surface area (Å²) in [5.74, 6) is 0.0949. The van der Waals surface area contributed by atoms with Gasteiger partial charge in [0.1, 0.15) is 0 Å². The Labute approximate surface area is 91.9 Å². The highest BCUT2D eigenvalue weighted by Gasteiger charge is 2.18. The summed E-state index contributed by atoms with van der Waals surface area (Å²) in [7, 11) is 0. The highest BCUT2D eigenvalue weighted by atomic mass is 16.6. The molecule has 7 nitrogen and oxygen atoms in total. The van der Waals surface area contributed by atoms with E-state index in [-0.39, 0.29) is 18.1 Å². The number of nitrogens with zero attached hydrogens (tertiary/aromatic N) is 2. The predicted molar refractivity (Wildman–Crippen MR) is 57.2 cm³/mol. The lowest BCUT2D eigenvalue weighted by atomic mass is 10.2. The summed E-state index contributed by atoms with van der Waals surface area (Å²) >= 11 is 0. The Kier molecular flexibility index (Phi) is 4.15. The number of nitro groups is 1. The summed E-state index contributed by atoms with van der Waals surface area (Å²) in [6.45, 7) is 1.20. The number of anilines is 1. The van der Waals surface area contributed by atoms with Gasteiger partial charge < -0.3 is 15.5 Å². The Balaban J connectivity index is 2.87. The van der Waals surface area contributed by atoms with E-state index in [1.54, 1.807) is 6.92 Å². The van der Waals surface area contributed by atoms with Crippen LogP contribution in [0.15, 0.2) is 12.3 Å². The van der Waals surface area contributed by atoms with E-state index in [0.29, 0.717) is 5.56 Å². The SMILES string of the molecule is Cc1ccnc(NCC(O)CO)c1[N+](=O)[O-]. The highest BCUT2D eigenvalue weighted by Crippen LogP contribution is 2.25. The van der Waals surface area contributed by atoms with Gasteiger partial charge in [-0.05, 0) is 13.0 Å². The first kappa shape index (κ1) is 12.3. The Morgan fingerprint density at radius 1 is 1.69 bits per heavy atom. The number of hydrogen-bond acceptors (Lipinski definition) is 6. The minimum atomic E-state index is -0.970. The van der Waals surface area contributed by atoms with Crippen molar-refractivity contribution in [2.75, 3.05) is 18.5 Å². The molecule has 1 aromatic heterocycles. The van der Waals surface area contributed by atoms with E-state index in [1.807, 2.05) is 0 Å². The fourth-order valence-corrected chi connectivity index (χ4v) is 1.19. The van der Waals surface area contributed by atoms with Crippen LogP contribution in [0.2, 0.25) is 0 Å². The molecule has 1 aromatic rings.